The van der Waals surface area contributed by atoms with Crippen molar-refractivity contribution >= 4 is 16.2 Å². The first-order valence-corrected chi connectivity index (χ1v) is 8.78. The Morgan fingerprint density at radius 1 is 1.32 bits per heavy atom. The van der Waals surface area contributed by atoms with Gasteiger partial charge in [0, 0.05) is 26.2 Å². The Kier molecular flexibility index (Phi) is 5.20. The SMILES string of the molecule is CCN(Cc1ccccc1)S(=O)(=O)N1C[C@@H](C)[C@H](C(=O)O)C1. The molecule has 1 aliphatic rings. The van der Waals surface area contributed by atoms with Gasteiger partial charge in [0.1, 0.15) is 0 Å². The Balaban J connectivity index is 2.16. The van der Waals surface area contributed by atoms with Gasteiger partial charge in [-0.3, -0.25) is 4.79 Å². The largest absolute Gasteiger partial charge is 0.481 e. The normalized spacial score (nSPS) is 23.0. The van der Waals surface area contributed by atoms with Gasteiger partial charge >= 0.3 is 5.97 Å². The summed E-state index contributed by atoms with van der Waals surface area (Å²) in [4.78, 5) is 11.2. The second-order valence-electron chi connectivity index (χ2n) is 5.66. The van der Waals surface area contributed by atoms with Crippen LogP contribution in [0.2, 0.25) is 0 Å². The Bertz CT molecular complexity index is 618. The number of rotatable bonds is 6. The van der Waals surface area contributed by atoms with Crippen LogP contribution >= 0.6 is 0 Å². The average Bonchev–Trinajstić information content (AvgIpc) is 2.88. The lowest BCUT2D eigenvalue weighted by molar-refractivity contribution is -0.142. The van der Waals surface area contributed by atoms with E-state index in [4.69, 9.17) is 5.11 Å². The van der Waals surface area contributed by atoms with E-state index < -0.39 is 22.1 Å². The lowest BCUT2D eigenvalue weighted by Crippen LogP contribution is -2.42. The molecule has 1 aromatic rings. The average molecular weight is 326 g/mol. The third-order valence-corrected chi connectivity index (χ3v) is 6.09. The maximum Gasteiger partial charge on any atom is 0.308 e. The summed E-state index contributed by atoms with van der Waals surface area (Å²) in [5, 5.41) is 9.16. The molecule has 0 aromatic heterocycles. The van der Waals surface area contributed by atoms with Crippen LogP contribution in [0.3, 0.4) is 0 Å². The minimum Gasteiger partial charge on any atom is -0.481 e. The fourth-order valence-corrected chi connectivity index (χ4v) is 4.48. The van der Waals surface area contributed by atoms with Crippen LogP contribution in [-0.2, 0) is 21.5 Å². The number of benzene rings is 1. The van der Waals surface area contributed by atoms with E-state index in [1.807, 2.05) is 30.3 Å². The molecule has 2 atom stereocenters. The number of carboxylic acid groups (broad SMARTS) is 1. The summed E-state index contributed by atoms with van der Waals surface area (Å²) >= 11 is 0. The van der Waals surface area contributed by atoms with Crippen molar-refractivity contribution in [1.29, 1.82) is 0 Å². The van der Waals surface area contributed by atoms with Gasteiger partial charge in [-0.1, -0.05) is 44.2 Å². The van der Waals surface area contributed by atoms with Gasteiger partial charge in [0.25, 0.3) is 10.2 Å². The van der Waals surface area contributed by atoms with Crippen LogP contribution in [0.25, 0.3) is 0 Å². The van der Waals surface area contributed by atoms with Crippen molar-refractivity contribution in [2.45, 2.75) is 20.4 Å². The summed E-state index contributed by atoms with van der Waals surface area (Å²) in [6.07, 6.45) is 0. The summed E-state index contributed by atoms with van der Waals surface area (Å²) in [6, 6.07) is 9.38. The Labute approximate surface area is 131 Å². The summed E-state index contributed by atoms with van der Waals surface area (Å²) in [5.41, 5.74) is 0.912. The topological polar surface area (TPSA) is 77.9 Å². The van der Waals surface area contributed by atoms with Crippen molar-refractivity contribution in [1.82, 2.24) is 8.61 Å². The molecular weight excluding hydrogens is 304 g/mol. The highest BCUT2D eigenvalue weighted by molar-refractivity contribution is 7.86. The van der Waals surface area contributed by atoms with Gasteiger partial charge in [0.05, 0.1) is 5.92 Å². The van der Waals surface area contributed by atoms with Gasteiger partial charge in [-0.05, 0) is 11.5 Å². The van der Waals surface area contributed by atoms with Crippen molar-refractivity contribution in [2.24, 2.45) is 11.8 Å². The molecule has 22 heavy (non-hydrogen) atoms. The molecule has 1 N–H and O–H groups in total. The van der Waals surface area contributed by atoms with Crippen LogP contribution in [0.15, 0.2) is 30.3 Å². The lowest BCUT2D eigenvalue weighted by Gasteiger charge is -2.26. The minimum absolute atomic E-state index is 0.0458. The van der Waals surface area contributed by atoms with Crippen LogP contribution < -0.4 is 0 Å². The van der Waals surface area contributed by atoms with Crippen LogP contribution in [-0.4, -0.2) is 47.7 Å². The molecule has 1 saturated heterocycles. The number of hydrogen-bond acceptors (Lipinski definition) is 3. The molecule has 0 saturated carbocycles. The molecule has 0 radical (unpaired) electrons. The minimum atomic E-state index is -3.65. The number of carboxylic acids is 1. The molecular formula is C15H22N2O4S. The van der Waals surface area contributed by atoms with Gasteiger partial charge in [0.2, 0.25) is 0 Å². The van der Waals surface area contributed by atoms with E-state index in [0.717, 1.165) is 5.56 Å². The zero-order valence-electron chi connectivity index (χ0n) is 12.8. The standard InChI is InChI=1S/C15H22N2O4S/c1-3-16(10-13-7-5-4-6-8-13)22(20,21)17-9-12(2)14(11-17)15(18)19/h4-8,12,14H,3,9-11H2,1-2H3,(H,18,19)/t12-,14-/m1/s1. The molecule has 7 heteroatoms. The third-order valence-electron chi connectivity index (χ3n) is 4.10. The Morgan fingerprint density at radius 3 is 2.45 bits per heavy atom. The van der Waals surface area contributed by atoms with E-state index in [1.165, 1.54) is 8.61 Å². The molecule has 1 heterocycles. The predicted molar refractivity (Wildman–Crippen MR) is 83.3 cm³/mol. The molecule has 1 fully saturated rings. The van der Waals surface area contributed by atoms with E-state index in [2.05, 4.69) is 0 Å². The fraction of sp³-hybridized carbons (Fsp3) is 0.533. The molecule has 0 amide bonds. The third kappa shape index (κ3) is 3.48. The van der Waals surface area contributed by atoms with E-state index in [1.54, 1.807) is 13.8 Å². The van der Waals surface area contributed by atoms with E-state index >= 15 is 0 Å². The summed E-state index contributed by atoms with van der Waals surface area (Å²) in [6.45, 7) is 4.51. The van der Waals surface area contributed by atoms with Gasteiger partial charge in [-0.25, -0.2) is 0 Å². The number of hydrogen-bond donors (Lipinski definition) is 1. The second-order valence-corrected chi connectivity index (χ2v) is 7.59. The zero-order valence-corrected chi connectivity index (χ0v) is 13.7. The molecule has 1 aliphatic heterocycles. The van der Waals surface area contributed by atoms with Crippen molar-refractivity contribution in [3.8, 4) is 0 Å². The maximum absolute atomic E-state index is 12.7. The van der Waals surface area contributed by atoms with E-state index in [9.17, 15) is 13.2 Å². The first-order chi connectivity index (χ1) is 10.4. The van der Waals surface area contributed by atoms with Crippen molar-refractivity contribution < 1.29 is 18.3 Å². The first-order valence-electron chi connectivity index (χ1n) is 7.38. The molecule has 2 rings (SSSR count). The van der Waals surface area contributed by atoms with Gasteiger partial charge in [0.15, 0.2) is 0 Å². The highest BCUT2D eigenvalue weighted by atomic mass is 32.2. The zero-order chi connectivity index (χ0) is 16.3. The summed E-state index contributed by atoms with van der Waals surface area (Å²) < 4.78 is 28.2. The highest BCUT2D eigenvalue weighted by Crippen LogP contribution is 2.27. The highest BCUT2D eigenvalue weighted by Gasteiger charge is 2.42. The second kappa shape index (κ2) is 6.76. The quantitative estimate of drug-likeness (QED) is 0.857. The van der Waals surface area contributed by atoms with E-state index in [0.29, 0.717) is 13.1 Å². The van der Waals surface area contributed by atoms with Crippen molar-refractivity contribution in [3.63, 3.8) is 0 Å². The van der Waals surface area contributed by atoms with Gasteiger partial charge in [-0.2, -0.15) is 17.0 Å². The van der Waals surface area contributed by atoms with Crippen LogP contribution in [0.4, 0.5) is 0 Å². The summed E-state index contributed by atoms with van der Waals surface area (Å²) in [5.74, 6) is -1.75. The fourth-order valence-electron chi connectivity index (χ4n) is 2.74. The lowest BCUT2D eigenvalue weighted by atomic mass is 9.99. The molecule has 1 aromatic carbocycles. The smallest absolute Gasteiger partial charge is 0.308 e. The maximum atomic E-state index is 12.7. The van der Waals surface area contributed by atoms with E-state index in [-0.39, 0.29) is 19.0 Å². The first kappa shape index (κ1) is 16.9. The Hall–Kier alpha value is -1.44. The molecule has 6 nitrogen and oxygen atoms in total. The molecule has 0 aliphatic carbocycles. The Morgan fingerprint density at radius 2 is 1.95 bits per heavy atom. The van der Waals surface area contributed by atoms with Gasteiger partial charge in [-0.15, -0.1) is 0 Å². The molecule has 0 unspecified atom stereocenters. The predicted octanol–water partition coefficient (Wildman–Crippen LogP) is 1.41. The van der Waals surface area contributed by atoms with Crippen LogP contribution in [0, 0.1) is 11.8 Å². The molecule has 0 bridgehead atoms. The van der Waals surface area contributed by atoms with Crippen LogP contribution in [0.5, 0.6) is 0 Å². The number of carbonyl (C=O) groups is 1. The van der Waals surface area contributed by atoms with Crippen molar-refractivity contribution in [3.05, 3.63) is 35.9 Å². The van der Waals surface area contributed by atoms with Gasteiger partial charge < -0.3 is 5.11 Å². The number of aliphatic carboxylic acids is 1. The van der Waals surface area contributed by atoms with Crippen LogP contribution in [0.1, 0.15) is 19.4 Å². The molecule has 122 valence electrons. The van der Waals surface area contributed by atoms with Crippen molar-refractivity contribution in [2.75, 3.05) is 19.6 Å². The molecule has 0 spiro atoms. The monoisotopic (exact) mass is 326 g/mol. The number of nitrogens with zero attached hydrogens (tertiary/aromatic N) is 2. The summed E-state index contributed by atoms with van der Waals surface area (Å²) in [7, 11) is -3.65.